The Labute approximate surface area is 151 Å². The first-order valence-corrected chi connectivity index (χ1v) is 8.18. The normalized spacial score (nSPS) is 10.3. The van der Waals surface area contributed by atoms with Crippen LogP contribution in [0.15, 0.2) is 61.1 Å². The number of aromatic nitrogens is 3. The molecule has 0 aliphatic rings. The van der Waals surface area contributed by atoms with Crippen LogP contribution < -0.4 is 10.6 Å². The number of hydrogen-bond acceptors (Lipinski definition) is 4. The van der Waals surface area contributed by atoms with Crippen LogP contribution in [0.3, 0.4) is 0 Å². The molecule has 7 heteroatoms. The van der Waals surface area contributed by atoms with Gasteiger partial charge in [0.2, 0.25) is 5.91 Å². The summed E-state index contributed by atoms with van der Waals surface area (Å²) in [6.45, 7) is 2.31. The molecule has 26 heavy (non-hydrogen) atoms. The number of nitrogens with one attached hydrogen (secondary N) is 2. The minimum Gasteiger partial charge on any atom is -0.352 e. The minimum atomic E-state index is -0.160. The molecule has 0 unspecified atom stereocenters. The Kier molecular flexibility index (Phi) is 5.38. The quantitative estimate of drug-likeness (QED) is 0.711. The third-order valence-corrected chi connectivity index (χ3v) is 3.76. The topological polar surface area (TPSA) is 88.9 Å². The van der Waals surface area contributed by atoms with Crippen molar-refractivity contribution in [2.24, 2.45) is 0 Å². The van der Waals surface area contributed by atoms with Crippen LogP contribution in [0.2, 0.25) is 0 Å². The fourth-order valence-electron chi connectivity index (χ4n) is 2.35. The number of carbonyl (C=O) groups excluding carboxylic acids is 2. The molecule has 3 rings (SSSR count). The van der Waals surface area contributed by atoms with Gasteiger partial charge in [0.05, 0.1) is 0 Å². The van der Waals surface area contributed by atoms with E-state index < -0.39 is 0 Å². The van der Waals surface area contributed by atoms with Crippen LogP contribution in [0.4, 0.5) is 0 Å². The van der Waals surface area contributed by atoms with Crippen LogP contribution in [0.25, 0.3) is 5.82 Å². The average molecular weight is 349 g/mol. The van der Waals surface area contributed by atoms with Crippen molar-refractivity contribution in [3.05, 3.63) is 77.7 Å². The van der Waals surface area contributed by atoms with Crippen LogP contribution in [-0.4, -0.2) is 26.6 Å². The van der Waals surface area contributed by atoms with E-state index >= 15 is 0 Å². The highest BCUT2D eigenvalue weighted by atomic mass is 16.2. The summed E-state index contributed by atoms with van der Waals surface area (Å²) in [7, 11) is 0. The minimum absolute atomic E-state index is 0.0843. The van der Waals surface area contributed by atoms with Crippen molar-refractivity contribution in [3.8, 4) is 5.82 Å². The van der Waals surface area contributed by atoms with Gasteiger partial charge in [-0.25, -0.2) is 9.67 Å². The van der Waals surface area contributed by atoms with Gasteiger partial charge in [-0.3, -0.25) is 9.59 Å². The van der Waals surface area contributed by atoms with Gasteiger partial charge in [-0.05, 0) is 35.4 Å². The fourth-order valence-corrected chi connectivity index (χ4v) is 2.35. The number of benzene rings is 1. The molecule has 0 saturated heterocycles. The molecule has 0 spiro atoms. The van der Waals surface area contributed by atoms with Crippen molar-refractivity contribution in [1.29, 1.82) is 0 Å². The van der Waals surface area contributed by atoms with Gasteiger partial charge in [-0.15, -0.1) is 0 Å². The maximum Gasteiger partial charge on any atom is 0.251 e. The Bertz CT molecular complexity index is 871. The molecule has 0 aliphatic heterocycles. The zero-order valence-corrected chi connectivity index (χ0v) is 14.3. The Morgan fingerprint density at radius 2 is 1.73 bits per heavy atom. The van der Waals surface area contributed by atoms with E-state index in [1.54, 1.807) is 29.2 Å². The molecule has 0 aliphatic carbocycles. The third kappa shape index (κ3) is 4.54. The highest BCUT2D eigenvalue weighted by Gasteiger charge is 2.06. The van der Waals surface area contributed by atoms with Gasteiger partial charge in [0.15, 0.2) is 5.82 Å². The van der Waals surface area contributed by atoms with Gasteiger partial charge < -0.3 is 10.6 Å². The van der Waals surface area contributed by atoms with Crippen molar-refractivity contribution in [3.63, 3.8) is 0 Å². The summed E-state index contributed by atoms with van der Waals surface area (Å²) in [6, 6.07) is 12.7. The summed E-state index contributed by atoms with van der Waals surface area (Å²) in [5.41, 5.74) is 2.41. The van der Waals surface area contributed by atoms with Crippen LogP contribution >= 0.6 is 0 Å². The van der Waals surface area contributed by atoms with Crippen LogP contribution in [0.5, 0.6) is 0 Å². The predicted octanol–water partition coefficient (Wildman–Crippen LogP) is 1.83. The van der Waals surface area contributed by atoms with Crippen molar-refractivity contribution >= 4 is 11.8 Å². The zero-order chi connectivity index (χ0) is 18.4. The summed E-state index contributed by atoms with van der Waals surface area (Å²) >= 11 is 0. The molecule has 2 N–H and O–H groups in total. The molecule has 0 atom stereocenters. The molecule has 0 bridgehead atoms. The number of pyridine rings is 1. The molecule has 3 aromatic rings. The van der Waals surface area contributed by atoms with Crippen LogP contribution in [0.1, 0.15) is 28.4 Å². The maximum absolute atomic E-state index is 12.2. The highest BCUT2D eigenvalue weighted by Crippen LogP contribution is 2.07. The monoisotopic (exact) mass is 349 g/mol. The molecule has 0 saturated carbocycles. The second-order valence-electron chi connectivity index (χ2n) is 5.76. The summed E-state index contributed by atoms with van der Waals surface area (Å²) in [5.74, 6) is 0.478. The van der Waals surface area contributed by atoms with E-state index in [0.29, 0.717) is 18.7 Å². The Morgan fingerprint density at radius 1 is 1.00 bits per heavy atom. The highest BCUT2D eigenvalue weighted by molar-refractivity contribution is 5.94. The van der Waals surface area contributed by atoms with E-state index in [1.807, 2.05) is 36.5 Å². The molecule has 2 heterocycles. The second-order valence-corrected chi connectivity index (χ2v) is 5.76. The molecule has 0 radical (unpaired) electrons. The summed E-state index contributed by atoms with van der Waals surface area (Å²) in [6.07, 6.45) is 5.23. The third-order valence-electron chi connectivity index (χ3n) is 3.76. The van der Waals surface area contributed by atoms with Gasteiger partial charge in [-0.1, -0.05) is 18.2 Å². The Morgan fingerprint density at radius 3 is 2.35 bits per heavy atom. The van der Waals surface area contributed by atoms with Gasteiger partial charge in [0.25, 0.3) is 5.91 Å². The van der Waals surface area contributed by atoms with Gasteiger partial charge in [-0.2, -0.15) is 5.10 Å². The molecule has 1 aromatic carbocycles. The molecule has 2 amide bonds. The molecule has 132 valence electrons. The summed E-state index contributed by atoms with van der Waals surface area (Å²) in [4.78, 5) is 27.5. The van der Waals surface area contributed by atoms with Crippen LogP contribution in [0, 0.1) is 0 Å². The van der Waals surface area contributed by atoms with Crippen molar-refractivity contribution in [2.45, 2.75) is 20.0 Å². The first-order chi connectivity index (χ1) is 12.6. The number of hydrogen-bond donors (Lipinski definition) is 2. The first kappa shape index (κ1) is 17.3. The van der Waals surface area contributed by atoms with E-state index in [4.69, 9.17) is 0 Å². The summed E-state index contributed by atoms with van der Waals surface area (Å²) in [5, 5.41) is 9.71. The number of nitrogens with zero attached hydrogens (tertiary/aromatic N) is 3. The van der Waals surface area contributed by atoms with Crippen LogP contribution in [-0.2, 0) is 17.9 Å². The number of carbonyl (C=O) groups is 2. The zero-order valence-electron chi connectivity index (χ0n) is 14.3. The van der Waals surface area contributed by atoms with Gasteiger partial charge in [0, 0.05) is 44.2 Å². The lowest BCUT2D eigenvalue weighted by Crippen LogP contribution is -2.23. The standard InChI is InChI=1S/C19H19N5O2/c1-14(25)20-11-15-3-6-17(7-4-15)19(26)22-13-16-5-8-18(21-12-16)24-10-2-9-23-24/h2-10,12H,11,13H2,1H3,(H,20,25)(H,22,26). The van der Waals surface area contributed by atoms with E-state index in [9.17, 15) is 9.59 Å². The molecular weight excluding hydrogens is 330 g/mol. The average Bonchev–Trinajstić information content (AvgIpc) is 3.20. The lowest BCUT2D eigenvalue weighted by atomic mass is 10.1. The van der Waals surface area contributed by atoms with Gasteiger partial charge >= 0.3 is 0 Å². The largest absolute Gasteiger partial charge is 0.352 e. The van der Waals surface area contributed by atoms with Crippen molar-refractivity contribution < 1.29 is 9.59 Å². The van der Waals surface area contributed by atoms with E-state index in [2.05, 4.69) is 20.7 Å². The Balaban J connectivity index is 1.54. The van der Waals surface area contributed by atoms with E-state index in [-0.39, 0.29) is 11.8 Å². The van der Waals surface area contributed by atoms with Gasteiger partial charge in [0.1, 0.15) is 0 Å². The smallest absolute Gasteiger partial charge is 0.251 e. The molecule has 0 fully saturated rings. The molecular formula is C19H19N5O2. The molecule has 2 aromatic heterocycles. The SMILES string of the molecule is CC(=O)NCc1ccc(C(=O)NCc2ccc(-n3cccn3)nc2)cc1. The second kappa shape index (κ2) is 8.06. The lowest BCUT2D eigenvalue weighted by molar-refractivity contribution is -0.119. The summed E-state index contributed by atoms with van der Waals surface area (Å²) < 4.78 is 1.67. The van der Waals surface area contributed by atoms with E-state index in [1.165, 1.54) is 6.92 Å². The fraction of sp³-hybridized carbons (Fsp3) is 0.158. The molecule has 7 nitrogen and oxygen atoms in total. The first-order valence-electron chi connectivity index (χ1n) is 8.18. The lowest BCUT2D eigenvalue weighted by Gasteiger charge is -2.07. The maximum atomic E-state index is 12.2. The Hall–Kier alpha value is -3.48. The predicted molar refractivity (Wildman–Crippen MR) is 96.5 cm³/mol. The number of amides is 2. The van der Waals surface area contributed by atoms with E-state index in [0.717, 1.165) is 16.9 Å². The van der Waals surface area contributed by atoms with Crippen molar-refractivity contribution in [2.75, 3.05) is 0 Å². The van der Waals surface area contributed by atoms with Crippen molar-refractivity contribution in [1.82, 2.24) is 25.4 Å². The number of rotatable bonds is 6.